The van der Waals surface area contributed by atoms with E-state index in [9.17, 15) is 4.79 Å². The van der Waals surface area contributed by atoms with Crippen molar-refractivity contribution in [2.45, 2.75) is 20.3 Å². The molecular formula is C13H18O4. The van der Waals surface area contributed by atoms with Gasteiger partial charge >= 0.3 is 5.97 Å². The predicted molar refractivity (Wildman–Crippen MR) is 63.6 cm³/mol. The molecule has 0 aliphatic carbocycles. The van der Waals surface area contributed by atoms with E-state index >= 15 is 0 Å². The van der Waals surface area contributed by atoms with Crippen LogP contribution in [0.15, 0.2) is 24.3 Å². The summed E-state index contributed by atoms with van der Waals surface area (Å²) in [4.78, 5) is 11.5. The molecule has 4 heteroatoms. The maximum Gasteiger partial charge on any atom is 0.310 e. The Morgan fingerprint density at radius 2 is 1.88 bits per heavy atom. The van der Waals surface area contributed by atoms with Gasteiger partial charge in [0.2, 0.25) is 0 Å². The molecule has 17 heavy (non-hydrogen) atoms. The highest BCUT2D eigenvalue weighted by Gasteiger charge is 2.19. The summed E-state index contributed by atoms with van der Waals surface area (Å²) in [5, 5.41) is 18.1. The molecule has 0 aliphatic heterocycles. The molecule has 1 aromatic carbocycles. The van der Waals surface area contributed by atoms with Crippen LogP contribution in [0.1, 0.15) is 19.4 Å². The van der Waals surface area contributed by atoms with Gasteiger partial charge in [-0.2, -0.15) is 0 Å². The van der Waals surface area contributed by atoms with Gasteiger partial charge in [0.1, 0.15) is 5.75 Å². The Labute approximate surface area is 101 Å². The zero-order valence-corrected chi connectivity index (χ0v) is 10.1. The van der Waals surface area contributed by atoms with Crippen LogP contribution in [-0.4, -0.2) is 29.4 Å². The number of aliphatic hydroxyl groups excluding tert-OH is 1. The molecule has 0 saturated carbocycles. The van der Waals surface area contributed by atoms with Crippen LogP contribution < -0.4 is 0 Å². The molecule has 0 heterocycles. The highest BCUT2D eigenvalue weighted by molar-refractivity contribution is 5.72. The number of carbonyl (C=O) groups is 1. The van der Waals surface area contributed by atoms with Crippen LogP contribution >= 0.6 is 0 Å². The van der Waals surface area contributed by atoms with Crippen LogP contribution in [0.5, 0.6) is 5.75 Å². The number of phenolic OH excluding ortho intramolecular Hbond substituents is 1. The van der Waals surface area contributed by atoms with E-state index in [2.05, 4.69) is 0 Å². The van der Waals surface area contributed by atoms with Gasteiger partial charge in [-0.1, -0.05) is 26.0 Å². The van der Waals surface area contributed by atoms with Crippen LogP contribution in [0.2, 0.25) is 0 Å². The molecule has 0 spiro atoms. The number of benzene rings is 1. The Kier molecular flexibility index (Phi) is 4.52. The van der Waals surface area contributed by atoms with Crippen LogP contribution in [0.3, 0.4) is 0 Å². The van der Waals surface area contributed by atoms with Crippen molar-refractivity contribution < 1.29 is 19.7 Å². The van der Waals surface area contributed by atoms with E-state index in [-0.39, 0.29) is 31.4 Å². The molecule has 2 N–H and O–H groups in total. The predicted octanol–water partition coefficient (Wildman–Crippen LogP) is 1.50. The smallest absolute Gasteiger partial charge is 0.310 e. The normalized spacial score (nSPS) is 11.2. The maximum absolute atomic E-state index is 11.5. The van der Waals surface area contributed by atoms with E-state index in [1.54, 1.807) is 12.1 Å². The summed E-state index contributed by atoms with van der Waals surface area (Å²) in [6.07, 6.45) is 0.168. The summed E-state index contributed by atoms with van der Waals surface area (Å²) in [6, 6.07) is 6.40. The van der Waals surface area contributed by atoms with Crippen molar-refractivity contribution in [1.29, 1.82) is 0 Å². The Morgan fingerprint density at radius 3 is 2.41 bits per heavy atom. The Morgan fingerprint density at radius 1 is 1.29 bits per heavy atom. The Bertz CT molecular complexity index is 368. The van der Waals surface area contributed by atoms with Gasteiger partial charge in [0, 0.05) is 5.41 Å². The van der Waals surface area contributed by atoms with Gasteiger partial charge in [-0.3, -0.25) is 4.79 Å². The highest BCUT2D eigenvalue weighted by atomic mass is 16.5. The SMILES string of the molecule is CC(C)(CO)COC(=O)Cc1ccc(O)cc1. The third-order valence-corrected chi connectivity index (χ3v) is 2.34. The first-order valence-corrected chi connectivity index (χ1v) is 5.47. The number of carbonyl (C=O) groups excluding carboxylic acids is 1. The molecule has 0 radical (unpaired) electrons. The second-order valence-electron chi connectivity index (χ2n) is 4.83. The third kappa shape index (κ3) is 4.87. The van der Waals surface area contributed by atoms with Crippen molar-refractivity contribution in [3.8, 4) is 5.75 Å². The van der Waals surface area contributed by atoms with E-state index in [1.807, 2.05) is 13.8 Å². The zero-order valence-electron chi connectivity index (χ0n) is 10.1. The summed E-state index contributed by atoms with van der Waals surface area (Å²) in [6.45, 7) is 3.81. The van der Waals surface area contributed by atoms with Crippen molar-refractivity contribution in [2.75, 3.05) is 13.2 Å². The molecule has 0 fully saturated rings. The molecule has 0 aromatic heterocycles. The van der Waals surface area contributed by atoms with Crippen molar-refractivity contribution in [1.82, 2.24) is 0 Å². The summed E-state index contributed by atoms with van der Waals surface area (Å²) >= 11 is 0. The minimum absolute atomic E-state index is 0.0283. The largest absolute Gasteiger partial charge is 0.508 e. The molecule has 0 aliphatic rings. The van der Waals surface area contributed by atoms with Crippen LogP contribution in [0.4, 0.5) is 0 Å². The number of phenols is 1. The number of hydrogen-bond acceptors (Lipinski definition) is 4. The standard InChI is InChI=1S/C13H18O4/c1-13(2,8-14)9-17-12(16)7-10-3-5-11(15)6-4-10/h3-6,14-15H,7-9H2,1-2H3. The fraction of sp³-hybridized carbons (Fsp3) is 0.462. The van der Waals surface area contributed by atoms with E-state index < -0.39 is 5.41 Å². The number of aliphatic hydroxyl groups is 1. The van der Waals surface area contributed by atoms with Gasteiger partial charge in [0.05, 0.1) is 19.6 Å². The molecule has 1 aromatic rings. The summed E-state index contributed by atoms with van der Waals surface area (Å²) < 4.78 is 5.07. The number of esters is 1. The summed E-state index contributed by atoms with van der Waals surface area (Å²) in [7, 11) is 0. The second-order valence-corrected chi connectivity index (χ2v) is 4.83. The summed E-state index contributed by atoms with van der Waals surface area (Å²) in [5.74, 6) is -0.166. The van der Waals surface area contributed by atoms with E-state index in [0.717, 1.165) is 5.56 Å². The Balaban J connectivity index is 2.42. The lowest BCUT2D eigenvalue weighted by molar-refractivity contribution is -0.146. The summed E-state index contributed by atoms with van der Waals surface area (Å²) in [5.41, 5.74) is 0.375. The number of hydrogen-bond donors (Lipinski definition) is 2. The Hall–Kier alpha value is -1.55. The average molecular weight is 238 g/mol. The van der Waals surface area contributed by atoms with Gasteiger partial charge in [-0.05, 0) is 17.7 Å². The van der Waals surface area contributed by atoms with Gasteiger partial charge < -0.3 is 14.9 Å². The second kappa shape index (κ2) is 5.68. The average Bonchev–Trinajstić information content (AvgIpc) is 2.30. The van der Waals surface area contributed by atoms with E-state index in [4.69, 9.17) is 14.9 Å². The van der Waals surface area contributed by atoms with Crippen LogP contribution in [0, 0.1) is 5.41 Å². The van der Waals surface area contributed by atoms with Gasteiger partial charge in [-0.15, -0.1) is 0 Å². The van der Waals surface area contributed by atoms with Gasteiger partial charge in [0.25, 0.3) is 0 Å². The minimum atomic E-state index is -0.412. The lowest BCUT2D eigenvalue weighted by atomic mass is 9.96. The lowest BCUT2D eigenvalue weighted by Crippen LogP contribution is -2.26. The quantitative estimate of drug-likeness (QED) is 0.763. The molecule has 0 bridgehead atoms. The molecule has 0 amide bonds. The highest BCUT2D eigenvalue weighted by Crippen LogP contribution is 2.15. The topological polar surface area (TPSA) is 66.8 Å². The molecule has 1 rings (SSSR count). The maximum atomic E-state index is 11.5. The van der Waals surface area contributed by atoms with E-state index in [1.165, 1.54) is 12.1 Å². The van der Waals surface area contributed by atoms with Gasteiger partial charge in [0.15, 0.2) is 0 Å². The first-order valence-electron chi connectivity index (χ1n) is 5.47. The molecule has 0 unspecified atom stereocenters. The van der Waals surface area contributed by atoms with Crippen molar-refractivity contribution in [2.24, 2.45) is 5.41 Å². The number of ether oxygens (including phenoxy) is 1. The van der Waals surface area contributed by atoms with Crippen LogP contribution in [0.25, 0.3) is 0 Å². The molecule has 0 saturated heterocycles. The number of aromatic hydroxyl groups is 1. The van der Waals surface area contributed by atoms with Crippen molar-refractivity contribution in [3.05, 3.63) is 29.8 Å². The van der Waals surface area contributed by atoms with Crippen molar-refractivity contribution >= 4 is 5.97 Å². The van der Waals surface area contributed by atoms with Crippen LogP contribution in [-0.2, 0) is 16.0 Å². The first kappa shape index (κ1) is 13.5. The molecule has 0 atom stereocenters. The monoisotopic (exact) mass is 238 g/mol. The minimum Gasteiger partial charge on any atom is -0.508 e. The fourth-order valence-corrected chi connectivity index (χ4v) is 1.15. The van der Waals surface area contributed by atoms with Gasteiger partial charge in [-0.25, -0.2) is 0 Å². The number of rotatable bonds is 5. The first-order chi connectivity index (χ1) is 7.93. The zero-order chi connectivity index (χ0) is 12.9. The van der Waals surface area contributed by atoms with E-state index in [0.29, 0.717) is 0 Å². The molecular weight excluding hydrogens is 220 g/mol. The van der Waals surface area contributed by atoms with Crippen molar-refractivity contribution in [3.63, 3.8) is 0 Å². The third-order valence-electron chi connectivity index (χ3n) is 2.34. The fourth-order valence-electron chi connectivity index (χ4n) is 1.15. The molecule has 94 valence electrons. The molecule has 4 nitrogen and oxygen atoms in total. The lowest BCUT2D eigenvalue weighted by Gasteiger charge is -2.20.